The summed E-state index contributed by atoms with van der Waals surface area (Å²) in [4.78, 5) is 22.6. The summed E-state index contributed by atoms with van der Waals surface area (Å²) in [5.74, 6) is 0.254. The number of sulfonamides is 1. The Morgan fingerprint density at radius 3 is 2.72 bits per heavy atom. The van der Waals surface area contributed by atoms with Crippen molar-refractivity contribution in [2.24, 2.45) is 0 Å². The molecule has 8 heteroatoms. The lowest BCUT2D eigenvalue weighted by Crippen LogP contribution is -2.38. The summed E-state index contributed by atoms with van der Waals surface area (Å²) in [5, 5.41) is 1.14. The van der Waals surface area contributed by atoms with E-state index in [1.165, 1.54) is 24.7 Å². The molecule has 2 N–H and O–H groups in total. The number of fused-ring (bicyclic) bond motifs is 1. The Bertz CT molecular complexity index is 1160. The fourth-order valence-electron chi connectivity index (χ4n) is 4.00. The Labute approximate surface area is 170 Å². The van der Waals surface area contributed by atoms with Crippen LogP contribution in [-0.4, -0.2) is 49.3 Å². The summed E-state index contributed by atoms with van der Waals surface area (Å²) in [5.41, 5.74) is 3.35. The number of nitrogens with zero attached hydrogens (tertiary/aromatic N) is 2. The van der Waals surface area contributed by atoms with Crippen LogP contribution in [-0.2, 0) is 10.0 Å². The number of amides is 1. The summed E-state index contributed by atoms with van der Waals surface area (Å²) in [6.45, 7) is 3.10. The van der Waals surface area contributed by atoms with Crippen molar-refractivity contribution >= 4 is 27.0 Å². The lowest BCUT2D eigenvalue weighted by molar-refractivity contribution is 0.0712. The van der Waals surface area contributed by atoms with Crippen molar-refractivity contribution in [3.05, 3.63) is 59.4 Å². The van der Waals surface area contributed by atoms with Crippen LogP contribution in [0.3, 0.4) is 0 Å². The average molecular weight is 413 g/mol. The second-order valence-corrected chi connectivity index (χ2v) is 9.28. The zero-order valence-corrected chi connectivity index (χ0v) is 17.3. The van der Waals surface area contributed by atoms with Crippen LogP contribution in [0, 0.1) is 6.92 Å². The Morgan fingerprint density at radius 2 is 2.00 bits per heavy atom. The molecular weight excluding hydrogens is 388 g/mol. The van der Waals surface area contributed by atoms with E-state index in [2.05, 4.69) is 20.8 Å². The number of aromatic amines is 1. The minimum Gasteiger partial charge on any atom is -0.346 e. The van der Waals surface area contributed by atoms with Crippen LogP contribution in [0.25, 0.3) is 11.0 Å². The van der Waals surface area contributed by atoms with Gasteiger partial charge in [-0.2, -0.15) is 0 Å². The number of carbonyl (C=O) groups is 1. The number of likely N-dealkylation sites (tertiary alicyclic amines) is 1. The number of aromatic nitrogens is 2. The van der Waals surface area contributed by atoms with Crippen molar-refractivity contribution in [2.75, 3.05) is 20.1 Å². The van der Waals surface area contributed by atoms with E-state index in [0.29, 0.717) is 24.6 Å². The summed E-state index contributed by atoms with van der Waals surface area (Å²) in [7, 11) is -2.23. The van der Waals surface area contributed by atoms with Gasteiger partial charge in [-0.25, -0.2) is 18.1 Å². The number of carbonyl (C=O) groups excluding carboxylic acids is 1. The van der Waals surface area contributed by atoms with Crippen LogP contribution in [0.4, 0.5) is 0 Å². The molecule has 1 aliphatic rings. The van der Waals surface area contributed by atoms with E-state index in [0.717, 1.165) is 29.4 Å². The Hall–Kier alpha value is -2.71. The first-order valence-corrected chi connectivity index (χ1v) is 11.1. The van der Waals surface area contributed by atoms with Gasteiger partial charge in [0, 0.05) is 36.4 Å². The molecular formula is C21H24N4O3S. The van der Waals surface area contributed by atoms with E-state index in [1.807, 2.05) is 24.1 Å². The van der Waals surface area contributed by atoms with Crippen LogP contribution in [0.2, 0.25) is 0 Å². The van der Waals surface area contributed by atoms with Crippen molar-refractivity contribution in [3.63, 3.8) is 0 Å². The van der Waals surface area contributed by atoms with E-state index in [4.69, 9.17) is 0 Å². The van der Waals surface area contributed by atoms with Gasteiger partial charge in [-0.15, -0.1) is 0 Å². The van der Waals surface area contributed by atoms with Gasteiger partial charge in [0.2, 0.25) is 10.0 Å². The fraction of sp³-hybridized carbons (Fsp3) is 0.333. The van der Waals surface area contributed by atoms with Gasteiger partial charge in [-0.1, -0.05) is 6.07 Å². The number of piperidine rings is 1. The zero-order valence-electron chi connectivity index (χ0n) is 16.5. The molecule has 7 nitrogen and oxygen atoms in total. The van der Waals surface area contributed by atoms with Crippen LogP contribution < -0.4 is 4.72 Å². The van der Waals surface area contributed by atoms with Crippen molar-refractivity contribution in [3.8, 4) is 0 Å². The number of H-pyrrole nitrogens is 1. The molecule has 0 saturated carbocycles. The molecule has 0 aliphatic carbocycles. The van der Waals surface area contributed by atoms with Crippen LogP contribution in [0.15, 0.2) is 47.6 Å². The molecule has 3 aromatic rings. The molecule has 0 unspecified atom stereocenters. The molecule has 152 valence electrons. The quantitative estimate of drug-likeness (QED) is 0.689. The summed E-state index contributed by atoms with van der Waals surface area (Å²) < 4.78 is 26.5. The lowest BCUT2D eigenvalue weighted by atomic mass is 9.89. The molecule has 1 fully saturated rings. The Kier molecular flexibility index (Phi) is 5.14. The SMILES string of the molecule is CNS(=O)(=O)c1ccc(C)c(C(=O)N2CCC(c3c[nH]c4ncccc34)CC2)c1. The highest BCUT2D eigenvalue weighted by Gasteiger charge is 2.27. The highest BCUT2D eigenvalue weighted by atomic mass is 32.2. The lowest BCUT2D eigenvalue weighted by Gasteiger charge is -2.32. The van der Waals surface area contributed by atoms with E-state index in [-0.39, 0.29) is 10.8 Å². The van der Waals surface area contributed by atoms with Gasteiger partial charge in [0.05, 0.1) is 4.90 Å². The number of rotatable bonds is 4. The fourth-order valence-corrected chi connectivity index (χ4v) is 4.75. The summed E-state index contributed by atoms with van der Waals surface area (Å²) in [6, 6.07) is 8.69. The average Bonchev–Trinajstić information content (AvgIpc) is 3.18. The van der Waals surface area contributed by atoms with Crippen molar-refractivity contribution < 1.29 is 13.2 Å². The van der Waals surface area contributed by atoms with Crippen molar-refractivity contribution in [1.82, 2.24) is 19.6 Å². The van der Waals surface area contributed by atoms with E-state index >= 15 is 0 Å². The zero-order chi connectivity index (χ0) is 20.6. The van der Waals surface area contributed by atoms with E-state index in [1.54, 1.807) is 12.3 Å². The molecule has 0 atom stereocenters. The molecule has 2 aromatic heterocycles. The highest BCUT2D eigenvalue weighted by Crippen LogP contribution is 2.33. The maximum absolute atomic E-state index is 13.1. The monoisotopic (exact) mass is 412 g/mol. The molecule has 1 saturated heterocycles. The molecule has 0 spiro atoms. The molecule has 1 aromatic carbocycles. The van der Waals surface area contributed by atoms with Gasteiger partial charge < -0.3 is 9.88 Å². The van der Waals surface area contributed by atoms with Gasteiger partial charge in [-0.05, 0) is 68.1 Å². The standard InChI is InChI=1S/C21H24N4O3S/c1-14-5-6-16(29(27,28)22-2)12-18(14)21(26)25-10-7-15(8-11-25)19-13-24-20-17(19)4-3-9-23-20/h3-6,9,12-13,15,22H,7-8,10-11H2,1-2H3,(H,23,24). The van der Waals surface area contributed by atoms with E-state index < -0.39 is 10.0 Å². The van der Waals surface area contributed by atoms with Crippen LogP contribution >= 0.6 is 0 Å². The molecule has 29 heavy (non-hydrogen) atoms. The van der Waals surface area contributed by atoms with Crippen molar-refractivity contribution in [2.45, 2.75) is 30.6 Å². The van der Waals surface area contributed by atoms with E-state index in [9.17, 15) is 13.2 Å². The summed E-state index contributed by atoms with van der Waals surface area (Å²) in [6.07, 6.45) is 5.52. The first-order chi connectivity index (χ1) is 13.9. The predicted molar refractivity (Wildman–Crippen MR) is 111 cm³/mol. The minimum absolute atomic E-state index is 0.107. The molecule has 3 heterocycles. The normalized spacial score (nSPS) is 15.7. The first kappa shape index (κ1) is 19.6. The van der Waals surface area contributed by atoms with Gasteiger partial charge >= 0.3 is 0 Å². The summed E-state index contributed by atoms with van der Waals surface area (Å²) >= 11 is 0. The maximum atomic E-state index is 13.1. The molecule has 4 rings (SSSR count). The molecule has 1 amide bonds. The van der Waals surface area contributed by atoms with Crippen molar-refractivity contribution in [1.29, 1.82) is 0 Å². The first-order valence-electron chi connectivity index (χ1n) is 9.66. The maximum Gasteiger partial charge on any atom is 0.254 e. The number of benzene rings is 1. The smallest absolute Gasteiger partial charge is 0.254 e. The third-order valence-corrected chi connectivity index (χ3v) is 7.14. The highest BCUT2D eigenvalue weighted by molar-refractivity contribution is 7.89. The molecule has 0 bridgehead atoms. The van der Waals surface area contributed by atoms with Gasteiger partial charge in [-0.3, -0.25) is 4.79 Å². The number of hydrogen-bond acceptors (Lipinski definition) is 4. The Balaban J connectivity index is 1.52. The van der Waals surface area contributed by atoms with Gasteiger partial charge in [0.15, 0.2) is 0 Å². The molecule has 0 radical (unpaired) electrons. The largest absolute Gasteiger partial charge is 0.346 e. The van der Waals surface area contributed by atoms with Gasteiger partial charge in [0.25, 0.3) is 5.91 Å². The second kappa shape index (κ2) is 7.61. The van der Waals surface area contributed by atoms with Crippen LogP contribution in [0.1, 0.15) is 40.2 Å². The minimum atomic E-state index is -3.59. The topological polar surface area (TPSA) is 95.2 Å². The third-order valence-electron chi connectivity index (χ3n) is 5.72. The number of aryl methyl sites for hydroxylation is 1. The molecule has 1 aliphatic heterocycles. The second-order valence-electron chi connectivity index (χ2n) is 7.39. The number of nitrogens with one attached hydrogen (secondary N) is 2. The van der Waals surface area contributed by atoms with Crippen LogP contribution in [0.5, 0.6) is 0 Å². The number of pyridine rings is 1. The Morgan fingerprint density at radius 1 is 1.24 bits per heavy atom. The predicted octanol–water partition coefficient (Wildman–Crippen LogP) is 2.80. The number of hydrogen-bond donors (Lipinski definition) is 2. The van der Waals surface area contributed by atoms with Gasteiger partial charge in [0.1, 0.15) is 5.65 Å². The third kappa shape index (κ3) is 3.65.